The lowest BCUT2D eigenvalue weighted by atomic mass is 10.1. The molecule has 1 aliphatic heterocycles. The van der Waals surface area contributed by atoms with Crippen LogP contribution in [0.1, 0.15) is 83.4 Å². The summed E-state index contributed by atoms with van der Waals surface area (Å²) in [6.45, 7) is 3.21. The molecule has 0 bridgehead atoms. The first kappa shape index (κ1) is 15.0. The van der Waals surface area contributed by atoms with E-state index in [0.29, 0.717) is 36.4 Å². The Balaban J connectivity index is 1.33. The zero-order chi connectivity index (χ0) is 17.0. The van der Waals surface area contributed by atoms with Gasteiger partial charge in [-0.3, -0.25) is 4.79 Å². The Morgan fingerprint density at radius 1 is 1.12 bits per heavy atom. The number of amides is 1. The summed E-state index contributed by atoms with van der Waals surface area (Å²) in [4.78, 5) is 28.2. The smallest absolute Gasteiger partial charge is 0.257 e. The maximum Gasteiger partial charge on any atom is 0.257 e. The lowest BCUT2D eigenvalue weighted by Crippen LogP contribution is -2.30. The second-order valence-electron chi connectivity index (χ2n) is 7.49. The van der Waals surface area contributed by atoms with Gasteiger partial charge in [-0.25, -0.2) is 9.97 Å². The molecule has 0 unspecified atom stereocenters. The zero-order valence-corrected chi connectivity index (χ0v) is 14.3. The van der Waals surface area contributed by atoms with E-state index >= 15 is 0 Å². The lowest BCUT2D eigenvalue weighted by molar-refractivity contribution is 0.0787. The second-order valence-corrected chi connectivity index (χ2v) is 7.49. The Hall–Kier alpha value is -2.31. The van der Waals surface area contributed by atoms with Crippen LogP contribution in [0, 0.1) is 6.92 Å². The number of rotatable bonds is 4. The Morgan fingerprint density at radius 2 is 1.92 bits per heavy atom. The van der Waals surface area contributed by atoms with Gasteiger partial charge >= 0.3 is 0 Å². The molecule has 7 nitrogen and oxygen atoms in total. The molecule has 5 rings (SSSR count). The number of aromatic nitrogens is 4. The van der Waals surface area contributed by atoms with Crippen LogP contribution in [0.4, 0.5) is 0 Å². The standard InChI is InChI=1S/C18H21N5O2/c1-10-19-8-14(15(20-10)11-2-3-11)18(24)23-7-6-13(9-23)17-21-16(22-25-17)12-4-5-12/h8,11-13H,2-7,9H2,1H3/t13-/m0/s1. The topological polar surface area (TPSA) is 85.0 Å². The van der Waals surface area contributed by atoms with Gasteiger partial charge in [0.1, 0.15) is 5.82 Å². The molecule has 130 valence electrons. The minimum absolute atomic E-state index is 0.0336. The molecule has 3 heterocycles. The first-order valence-electron chi connectivity index (χ1n) is 9.15. The van der Waals surface area contributed by atoms with Gasteiger partial charge in [-0.05, 0) is 39.0 Å². The summed E-state index contributed by atoms with van der Waals surface area (Å²) in [5.41, 5.74) is 1.59. The molecule has 25 heavy (non-hydrogen) atoms. The van der Waals surface area contributed by atoms with Crippen molar-refractivity contribution in [3.05, 3.63) is 35.0 Å². The summed E-state index contributed by atoms with van der Waals surface area (Å²) in [7, 11) is 0. The van der Waals surface area contributed by atoms with E-state index in [4.69, 9.17) is 4.52 Å². The third-order valence-electron chi connectivity index (χ3n) is 5.36. The molecule has 0 spiro atoms. The summed E-state index contributed by atoms with van der Waals surface area (Å²) < 4.78 is 5.45. The molecule has 2 aliphatic carbocycles. The predicted molar refractivity (Wildman–Crippen MR) is 88.3 cm³/mol. The monoisotopic (exact) mass is 339 g/mol. The van der Waals surface area contributed by atoms with Gasteiger partial charge in [0, 0.05) is 31.1 Å². The van der Waals surface area contributed by atoms with Crippen LogP contribution in [0.3, 0.4) is 0 Å². The van der Waals surface area contributed by atoms with Gasteiger partial charge in [0.25, 0.3) is 5.91 Å². The van der Waals surface area contributed by atoms with Crippen LogP contribution in [0.2, 0.25) is 0 Å². The first-order valence-corrected chi connectivity index (χ1v) is 9.15. The van der Waals surface area contributed by atoms with Gasteiger partial charge < -0.3 is 9.42 Å². The summed E-state index contributed by atoms with van der Waals surface area (Å²) in [6.07, 6.45) is 7.11. The molecular formula is C18H21N5O2. The second kappa shape index (κ2) is 5.61. The largest absolute Gasteiger partial charge is 0.339 e. The first-order chi connectivity index (χ1) is 12.2. The van der Waals surface area contributed by atoms with Gasteiger partial charge in [-0.15, -0.1) is 0 Å². The summed E-state index contributed by atoms with van der Waals surface area (Å²) >= 11 is 0. The van der Waals surface area contributed by atoms with Crippen LogP contribution in [0.5, 0.6) is 0 Å². The van der Waals surface area contributed by atoms with Gasteiger partial charge in [0.15, 0.2) is 5.82 Å². The fraction of sp³-hybridized carbons (Fsp3) is 0.611. The van der Waals surface area contributed by atoms with Crippen molar-refractivity contribution in [1.82, 2.24) is 25.0 Å². The fourth-order valence-corrected chi connectivity index (χ4v) is 3.56. The Labute approximate surface area is 145 Å². The van der Waals surface area contributed by atoms with Crippen LogP contribution >= 0.6 is 0 Å². The van der Waals surface area contributed by atoms with E-state index in [-0.39, 0.29) is 11.8 Å². The number of carbonyl (C=O) groups is 1. The van der Waals surface area contributed by atoms with Crippen LogP contribution in [-0.2, 0) is 0 Å². The Kier molecular flexibility index (Phi) is 3.36. The molecule has 2 aromatic heterocycles. The zero-order valence-electron chi connectivity index (χ0n) is 14.3. The summed E-state index contributed by atoms with van der Waals surface area (Å²) in [6, 6.07) is 0. The minimum atomic E-state index is 0.0336. The summed E-state index contributed by atoms with van der Waals surface area (Å²) in [5, 5.41) is 4.10. The highest BCUT2D eigenvalue weighted by molar-refractivity contribution is 5.95. The fourth-order valence-electron chi connectivity index (χ4n) is 3.56. The van der Waals surface area contributed by atoms with Crippen molar-refractivity contribution in [1.29, 1.82) is 0 Å². The third-order valence-corrected chi connectivity index (χ3v) is 5.36. The number of nitrogens with zero attached hydrogens (tertiary/aromatic N) is 5. The molecule has 1 amide bonds. The van der Waals surface area contributed by atoms with E-state index in [0.717, 1.165) is 49.4 Å². The minimum Gasteiger partial charge on any atom is -0.339 e. The average Bonchev–Trinajstić information content (AvgIpc) is 3.54. The van der Waals surface area contributed by atoms with Gasteiger partial charge in [0.05, 0.1) is 17.2 Å². The van der Waals surface area contributed by atoms with Crippen molar-refractivity contribution in [3.8, 4) is 0 Å². The molecule has 0 aromatic carbocycles. The van der Waals surface area contributed by atoms with Crippen molar-refractivity contribution >= 4 is 5.91 Å². The van der Waals surface area contributed by atoms with E-state index in [1.165, 1.54) is 0 Å². The molecule has 7 heteroatoms. The van der Waals surface area contributed by atoms with Crippen LogP contribution < -0.4 is 0 Å². The number of likely N-dealkylation sites (tertiary alicyclic amines) is 1. The third kappa shape index (κ3) is 2.81. The molecule has 2 saturated carbocycles. The van der Waals surface area contributed by atoms with Crippen molar-refractivity contribution in [2.45, 2.75) is 56.8 Å². The SMILES string of the molecule is Cc1ncc(C(=O)N2CC[C@H](c3nc(C4CC4)no3)C2)c(C2CC2)n1. The Morgan fingerprint density at radius 3 is 2.68 bits per heavy atom. The van der Waals surface area contributed by atoms with E-state index in [1.54, 1.807) is 6.20 Å². The van der Waals surface area contributed by atoms with E-state index in [2.05, 4.69) is 20.1 Å². The molecule has 2 aromatic rings. The molecule has 0 radical (unpaired) electrons. The number of hydrogen-bond donors (Lipinski definition) is 0. The normalized spacial score (nSPS) is 23.2. The highest BCUT2D eigenvalue weighted by Gasteiger charge is 2.36. The maximum atomic E-state index is 13.0. The molecule has 1 saturated heterocycles. The number of carbonyl (C=O) groups excluding carboxylic acids is 1. The van der Waals surface area contributed by atoms with E-state index in [9.17, 15) is 4.79 Å². The molecular weight excluding hydrogens is 318 g/mol. The number of aryl methyl sites for hydroxylation is 1. The van der Waals surface area contributed by atoms with Crippen LogP contribution in [0.15, 0.2) is 10.7 Å². The average molecular weight is 339 g/mol. The molecule has 3 aliphatic rings. The maximum absolute atomic E-state index is 13.0. The lowest BCUT2D eigenvalue weighted by Gasteiger charge is -2.17. The van der Waals surface area contributed by atoms with Gasteiger partial charge in [-0.2, -0.15) is 4.98 Å². The highest BCUT2D eigenvalue weighted by atomic mass is 16.5. The predicted octanol–water partition coefficient (Wildman–Crippen LogP) is 2.55. The van der Waals surface area contributed by atoms with Crippen LogP contribution in [0.25, 0.3) is 0 Å². The quantitative estimate of drug-likeness (QED) is 0.851. The van der Waals surface area contributed by atoms with E-state index < -0.39 is 0 Å². The highest BCUT2D eigenvalue weighted by Crippen LogP contribution is 2.41. The number of hydrogen-bond acceptors (Lipinski definition) is 6. The summed E-state index contributed by atoms with van der Waals surface area (Å²) in [5.74, 6) is 3.34. The molecule has 0 N–H and O–H groups in total. The van der Waals surface area contributed by atoms with E-state index in [1.807, 2.05) is 11.8 Å². The van der Waals surface area contributed by atoms with Crippen LogP contribution in [-0.4, -0.2) is 44.0 Å². The molecule has 1 atom stereocenters. The van der Waals surface area contributed by atoms with Gasteiger partial charge in [-0.1, -0.05) is 5.16 Å². The van der Waals surface area contributed by atoms with Crippen molar-refractivity contribution < 1.29 is 9.32 Å². The Bertz CT molecular complexity index is 825. The molecule has 3 fully saturated rings. The van der Waals surface area contributed by atoms with Crippen molar-refractivity contribution in [3.63, 3.8) is 0 Å². The van der Waals surface area contributed by atoms with Crippen molar-refractivity contribution in [2.24, 2.45) is 0 Å². The van der Waals surface area contributed by atoms with Crippen molar-refractivity contribution in [2.75, 3.05) is 13.1 Å². The van der Waals surface area contributed by atoms with Gasteiger partial charge in [0.2, 0.25) is 5.89 Å².